The molecule has 0 aliphatic heterocycles. The van der Waals surface area contributed by atoms with Gasteiger partial charge in [-0.3, -0.25) is 10.1 Å². The summed E-state index contributed by atoms with van der Waals surface area (Å²) < 4.78 is 0.819. The first-order valence-corrected chi connectivity index (χ1v) is 6.90. The summed E-state index contributed by atoms with van der Waals surface area (Å²) in [5.74, 6) is -1.23. The van der Waals surface area contributed by atoms with Gasteiger partial charge in [-0.2, -0.15) is 0 Å². The Balaban J connectivity index is 2.44. The number of halogens is 1. The number of carboxylic acid groups (broad SMARTS) is 1. The van der Waals surface area contributed by atoms with E-state index < -0.39 is 10.9 Å². The summed E-state index contributed by atoms with van der Waals surface area (Å²) in [6.45, 7) is 0. The normalized spacial score (nSPS) is 10.2. The number of nitrogens with zero attached hydrogens (tertiary/aromatic N) is 2. The van der Waals surface area contributed by atoms with Crippen LogP contribution in [-0.4, -0.2) is 21.0 Å². The Bertz CT molecular complexity index is 693. The summed E-state index contributed by atoms with van der Waals surface area (Å²) in [5, 5.41) is 19.9. The van der Waals surface area contributed by atoms with Gasteiger partial charge in [-0.25, -0.2) is 9.78 Å². The summed E-state index contributed by atoms with van der Waals surface area (Å²) in [7, 11) is 0. The van der Waals surface area contributed by atoms with E-state index in [9.17, 15) is 14.9 Å². The van der Waals surface area contributed by atoms with Crippen molar-refractivity contribution < 1.29 is 14.8 Å². The third-order valence-corrected chi connectivity index (χ3v) is 3.74. The van der Waals surface area contributed by atoms with E-state index in [2.05, 4.69) is 20.9 Å². The largest absolute Gasteiger partial charge is 0.477 e. The minimum Gasteiger partial charge on any atom is -0.477 e. The van der Waals surface area contributed by atoms with Crippen LogP contribution in [-0.2, 0) is 0 Å². The van der Waals surface area contributed by atoms with Crippen molar-refractivity contribution in [2.75, 3.05) is 0 Å². The number of hydrogen-bond donors (Lipinski definition) is 1. The highest BCUT2D eigenvalue weighted by Crippen LogP contribution is 2.34. The first-order valence-electron chi connectivity index (χ1n) is 5.29. The van der Waals surface area contributed by atoms with Gasteiger partial charge in [0.2, 0.25) is 0 Å². The lowest BCUT2D eigenvalue weighted by atomic mass is 10.3. The number of hydrogen-bond acceptors (Lipinski definition) is 5. The molecule has 0 radical (unpaired) electrons. The molecule has 1 heterocycles. The first kappa shape index (κ1) is 14.5. The van der Waals surface area contributed by atoms with Crippen LogP contribution in [0.2, 0.25) is 0 Å². The molecule has 20 heavy (non-hydrogen) atoms. The predicted octanol–water partition coefficient (Wildman–Crippen LogP) is 3.60. The summed E-state index contributed by atoms with van der Waals surface area (Å²) in [4.78, 5) is 25.8. The molecule has 0 atom stereocenters. The standard InChI is InChI=1S/C12H7BrN2O4S/c13-7-2-1-3-8(6-7)20-11-10(15(18)19)5-4-9(14-11)12(16)17/h1-6H,(H,16,17). The van der Waals surface area contributed by atoms with Crippen molar-refractivity contribution in [1.29, 1.82) is 0 Å². The third-order valence-electron chi connectivity index (χ3n) is 2.27. The van der Waals surface area contributed by atoms with Crippen LogP contribution in [0.5, 0.6) is 0 Å². The molecule has 0 spiro atoms. The number of aromatic carboxylic acids is 1. The highest BCUT2D eigenvalue weighted by atomic mass is 79.9. The van der Waals surface area contributed by atoms with Crippen molar-refractivity contribution in [3.05, 3.63) is 56.7 Å². The van der Waals surface area contributed by atoms with E-state index >= 15 is 0 Å². The number of rotatable bonds is 4. The van der Waals surface area contributed by atoms with Crippen molar-refractivity contribution in [1.82, 2.24) is 4.98 Å². The molecule has 0 aliphatic carbocycles. The van der Waals surface area contributed by atoms with Crippen LogP contribution in [0, 0.1) is 10.1 Å². The van der Waals surface area contributed by atoms with E-state index in [1.54, 1.807) is 18.2 Å². The Morgan fingerprint density at radius 1 is 1.35 bits per heavy atom. The van der Waals surface area contributed by atoms with Crippen LogP contribution in [0.15, 0.2) is 50.8 Å². The molecule has 6 nitrogen and oxygen atoms in total. The zero-order chi connectivity index (χ0) is 14.7. The zero-order valence-corrected chi connectivity index (χ0v) is 12.2. The second-order valence-electron chi connectivity index (χ2n) is 3.64. The van der Waals surface area contributed by atoms with E-state index in [4.69, 9.17) is 5.11 Å². The van der Waals surface area contributed by atoms with Crippen LogP contribution in [0.1, 0.15) is 10.5 Å². The van der Waals surface area contributed by atoms with Gasteiger partial charge in [-0.15, -0.1) is 0 Å². The molecule has 2 rings (SSSR count). The molecule has 0 saturated heterocycles. The zero-order valence-electron chi connectivity index (χ0n) is 9.82. The summed E-state index contributed by atoms with van der Waals surface area (Å²) in [6, 6.07) is 9.39. The van der Waals surface area contributed by atoms with E-state index in [1.165, 1.54) is 0 Å². The minimum atomic E-state index is -1.23. The van der Waals surface area contributed by atoms with Gasteiger partial charge >= 0.3 is 11.7 Å². The fraction of sp³-hybridized carbons (Fsp3) is 0. The van der Waals surface area contributed by atoms with Gasteiger partial charge in [0, 0.05) is 15.4 Å². The van der Waals surface area contributed by atoms with Crippen LogP contribution in [0.3, 0.4) is 0 Å². The fourth-order valence-electron chi connectivity index (χ4n) is 1.41. The molecule has 1 N–H and O–H groups in total. The Morgan fingerprint density at radius 3 is 2.70 bits per heavy atom. The van der Waals surface area contributed by atoms with Gasteiger partial charge in [-0.05, 0) is 24.3 Å². The summed E-state index contributed by atoms with van der Waals surface area (Å²) in [6.07, 6.45) is 0. The Hall–Kier alpha value is -1.93. The lowest BCUT2D eigenvalue weighted by Crippen LogP contribution is -2.03. The molecule has 1 aromatic heterocycles. The molecule has 0 amide bonds. The van der Waals surface area contributed by atoms with Gasteiger partial charge in [0.05, 0.1) is 4.92 Å². The monoisotopic (exact) mass is 354 g/mol. The first-order chi connectivity index (χ1) is 9.47. The van der Waals surface area contributed by atoms with Crippen LogP contribution in [0.25, 0.3) is 0 Å². The van der Waals surface area contributed by atoms with Gasteiger partial charge in [0.15, 0.2) is 5.03 Å². The Kier molecular flexibility index (Phi) is 4.35. The number of carboxylic acids is 1. The number of carbonyl (C=O) groups is 1. The number of benzene rings is 1. The second-order valence-corrected chi connectivity index (χ2v) is 5.62. The van der Waals surface area contributed by atoms with Gasteiger partial charge < -0.3 is 5.11 Å². The van der Waals surface area contributed by atoms with Crippen molar-refractivity contribution >= 4 is 39.3 Å². The highest BCUT2D eigenvalue weighted by molar-refractivity contribution is 9.10. The Morgan fingerprint density at radius 2 is 2.10 bits per heavy atom. The quantitative estimate of drug-likeness (QED) is 0.665. The average molecular weight is 355 g/mol. The van der Waals surface area contributed by atoms with Crippen molar-refractivity contribution in [2.45, 2.75) is 9.92 Å². The molecule has 0 fully saturated rings. The third kappa shape index (κ3) is 3.34. The summed E-state index contributed by atoms with van der Waals surface area (Å²) in [5.41, 5.74) is -0.451. The smallest absolute Gasteiger partial charge is 0.354 e. The molecule has 0 saturated carbocycles. The molecule has 0 bridgehead atoms. The minimum absolute atomic E-state index is 0.0491. The van der Waals surface area contributed by atoms with E-state index in [0.717, 1.165) is 33.3 Å². The fourth-order valence-corrected chi connectivity index (χ4v) is 2.91. The van der Waals surface area contributed by atoms with Gasteiger partial charge in [0.1, 0.15) is 5.69 Å². The highest BCUT2D eigenvalue weighted by Gasteiger charge is 2.19. The Labute approximate surface area is 126 Å². The molecule has 8 heteroatoms. The molecular weight excluding hydrogens is 348 g/mol. The predicted molar refractivity (Wildman–Crippen MR) is 76.1 cm³/mol. The second kappa shape index (κ2) is 6.02. The lowest BCUT2D eigenvalue weighted by molar-refractivity contribution is -0.388. The van der Waals surface area contributed by atoms with Gasteiger partial charge in [-0.1, -0.05) is 33.8 Å². The summed E-state index contributed by atoms with van der Waals surface area (Å²) >= 11 is 4.34. The topological polar surface area (TPSA) is 93.3 Å². The molecule has 0 unspecified atom stereocenters. The molecular formula is C12H7BrN2O4S. The number of pyridine rings is 1. The van der Waals surface area contributed by atoms with Crippen LogP contribution < -0.4 is 0 Å². The van der Waals surface area contributed by atoms with Crippen molar-refractivity contribution in [2.24, 2.45) is 0 Å². The molecule has 0 aliphatic rings. The van der Waals surface area contributed by atoms with Crippen LogP contribution in [0.4, 0.5) is 5.69 Å². The lowest BCUT2D eigenvalue weighted by Gasteiger charge is -2.04. The van der Waals surface area contributed by atoms with Crippen LogP contribution >= 0.6 is 27.7 Å². The molecule has 102 valence electrons. The maximum atomic E-state index is 11.0. The van der Waals surface area contributed by atoms with E-state index in [0.29, 0.717) is 0 Å². The SMILES string of the molecule is O=C(O)c1ccc([N+](=O)[O-])c(Sc2cccc(Br)c2)n1. The van der Waals surface area contributed by atoms with Gasteiger partial charge in [0.25, 0.3) is 0 Å². The number of aromatic nitrogens is 1. The maximum absolute atomic E-state index is 11.0. The molecule has 1 aromatic carbocycles. The van der Waals surface area contributed by atoms with E-state index in [1.807, 2.05) is 6.07 Å². The molecule has 2 aromatic rings. The maximum Gasteiger partial charge on any atom is 0.354 e. The average Bonchev–Trinajstić information content (AvgIpc) is 2.38. The number of nitro groups is 1. The van der Waals surface area contributed by atoms with Crippen molar-refractivity contribution in [3.63, 3.8) is 0 Å². The van der Waals surface area contributed by atoms with Crippen molar-refractivity contribution in [3.8, 4) is 0 Å². The van der Waals surface area contributed by atoms with E-state index in [-0.39, 0.29) is 16.4 Å².